The molecule has 0 bridgehead atoms. The van der Waals surface area contributed by atoms with E-state index in [9.17, 15) is 10.1 Å². The van der Waals surface area contributed by atoms with E-state index in [0.29, 0.717) is 27.9 Å². The molecule has 3 aromatic carbocycles. The Bertz CT molecular complexity index is 1390. The first-order valence-corrected chi connectivity index (χ1v) is 12.9. The van der Waals surface area contributed by atoms with Crippen LogP contribution in [0.1, 0.15) is 18.1 Å². The molecule has 2 aliphatic heterocycles. The number of carbonyl (C=O) groups is 1. The van der Waals surface area contributed by atoms with Crippen LogP contribution in [0.4, 0.5) is 17.1 Å². The second-order valence-corrected chi connectivity index (χ2v) is 10.0. The molecule has 5 rings (SSSR count). The van der Waals surface area contributed by atoms with E-state index < -0.39 is 0 Å². The number of benzene rings is 3. The second kappa shape index (κ2) is 9.90. The molecule has 6 nitrogen and oxygen atoms in total. The molecule has 0 unspecified atom stereocenters. The summed E-state index contributed by atoms with van der Waals surface area (Å²) in [5.74, 6) is -0.0683. The number of thioether (sulfide) groups is 2. The fourth-order valence-electron chi connectivity index (χ4n) is 3.96. The van der Waals surface area contributed by atoms with Gasteiger partial charge in [-0.2, -0.15) is 5.26 Å². The van der Waals surface area contributed by atoms with Crippen LogP contribution in [0.5, 0.6) is 0 Å². The normalized spacial score (nSPS) is 18.2. The second-order valence-electron chi connectivity index (χ2n) is 8.01. The highest BCUT2D eigenvalue weighted by Gasteiger charge is 2.39. The van der Waals surface area contributed by atoms with E-state index in [4.69, 9.17) is 4.99 Å². The average molecular weight is 498 g/mol. The maximum absolute atomic E-state index is 13.8. The number of hydrogen-bond acceptors (Lipinski definition) is 7. The number of fused-ring (bicyclic) bond motifs is 1. The first-order chi connectivity index (χ1) is 17.1. The summed E-state index contributed by atoms with van der Waals surface area (Å²) in [5, 5.41) is 14.2. The van der Waals surface area contributed by atoms with Crippen LogP contribution < -0.4 is 10.2 Å². The molecular weight excluding hydrogens is 474 g/mol. The smallest absolute Gasteiger partial charge is 0.269 e. The molecule has 0 atom stereocenters. The highest BCUT2D eigenvalue weighted by Crippen LogP contribution is 2.50. The highest BCUT2D eigenvalue weighted by atomic mass is 32.2. The Morgan fingerprint density at radius 1 is 1.03 bits per heavy atom. The van der Waals surface area contributed by atoms with Gasteiger partial charge in [-0.1, -0.05) is 54.2 Å². The standard InChI is InChI=1S/C27H23N5OS2/c1-3-29-20-14-13-19(16-28)15-21(20)30-27-32(17-18-9-5-4-6-10-18)25(33)24(35-27)26-31(2)22-11-7-8-12-23(22)34-26/h4-15,29H,3,17H2,1-2H3. The number of nitrogens with zero attached hydrogens (tertiary/aromatic N) is 4. The number of nitrogens with one attached hydrogen (secondary N) is 1. The number of anilines is 2. The maximum atomic E-state index is 13.8. The van der Waals surface area contributed by atoms with Gasteiger partial charge in [-0.25, -0.2) is 4.99 Å². The first-order valence-electron chi connectivity index (χ1n) is 11.2. The topological polar surface area (TPSA) is 71.7 Å². The number of amidine groups is 1. The Balaban J connectivity index is 1.59. The molecule has 8 heteroatoms. The Kier molecular flexibility index (Phi) is 6.53. The third-order valence-electron chi connectivity index (χ3n) is 5.69. The molecule has 0 aliphatic carbocycles. The molecule has 0 saturated carbocycles. The number of carbonyl (C=O) groups excluding carboxylic acids is 1. The van der Waals surface area contributed by atoms with Gasteiger partial charge in [0.15, 0.2) is 5.17 Å². The molecule has 1 N–H and O–H groups in total. The number of para-hydroxylation sites is 1. The molecule has 0 spiro atoms. The molecule has 2 heterocycles. The number of hydrogen-bond donors (Lipinski definition) is 1. The molecule has 2 aliphatic rings. The van der Waals surface area contributed by atoms with Gasteiger partial charge in [-0.05, 0) is 54.6 Å². The van der Waals surface area contributed by atoms with Gasteiger partial charge in [-0.3, -0.25) is 9.69 Å². The minimum absolute atomic E-state index is 0.0683. The Labute approximate surface area is 213 Å². The zero-order valence-electron chi connectivity index (χ0n) is 19.4. The number of nitriles is 1. The van der Waals surface area contributed by atoms with Crippen LogP contribution in [-0.2, 0) is 11.3 Å². The number of rotatable bonds is 5. The van der Waals surface area contributed by atoms with Crippen molar-refractivity contribution in [1.82, 2.24) is 4.90 Å². The van der Waals surface area contributed by atoms with Crippen molar-refractivity contribution in [1.29, 1.82) is 5.26 Å². The lowest BCUT2D eigenvalue weighted by atomic mass is 10.2. The molecule has 35 heavy (non-hydrogen) atoms. The van der Waals surface area contributed by atoms with Crippen molar-refractivity contribution in [3.63, 3.8) is 0 Å². The summed E-state index contributed by atoms with van der Waals surface area (Å²) < 4.78 is 0. The van der Waals surface area contributed by atoms with Gasteiger partial charge in [0.2, 0.25) is 0 Å². The van der Waals surface area contributed by atoms with Gasteiger partial charge >= 0.3 is 0 Å². The predicted octanol–water partition coefficient (Wildman–Crippen LogP) is 6.16. The van der Waals surface area contributed by atoms with Gasteiger partial charge in [0.05, 0.1) is 40.3 Å². The van der Waals surface area contributed by atoms with Crippen LogP contribution in [0.3, 0.4) is 0 Å². The number of aliphatic imine (C=N–C) groups is 1. The lowest BCUT2D eigenvalue weighted by Gasteiger charge is -2.17. The van der Waals surface area contributed by atoms with Crippen molar-refractivity contribution in [2.75, 3.05) is 23.8 Å². The lowest BCUT2D eigenvalue weighted by molar-refractivity contribution is -0.122. The highest BCUT2D eigenvalue weighted by molar-refractivity contribution is 8.19. The lowest BCUT2D eigenvalue weighted by Crippen LogP contribution is -2.29. The zero-order chi connectivity index (χ0) is 24.4. The zero-order valence-corrected chi connectivity index (χ0v) is 21.0. The van der Waals surface area contributed by atoms with E-state index in [1.807, 2.05) is 62.5 Å². The summed E-state index contributed by atoms with van der Waals surface area (Å²) in [6.07, 6.45) is 0. The minimum atomic E-state index is -0.0683. The SMILES string of the molecule is CCNc1ccc(C#N)cc1N=C1SC(=C2Sc3ccccc3N2C)C(=O)N1Cc1ccccc1. The summed E-state index contributed by atoms with van der Waals surface area (Å²) in [6.45, 7) is 3.15. The van der Waals surface area contributed by atoms with Crippen LogP contribution in [0.25, 0.3) is 0 Å². The van der Waals surface area contributed by atoms with Crippen LogP contribution in [0, 0.1) is 11.3 Å². The van der Waals surface area contributed by atoms with Crippen molar-refractivity contribution in [3.8, 4) is 6.07 Å². The largest absolute Gasteiger partial charge is 0.384 e. The van der Waals surface area contributed by atoms with Gasteiger partial charge in [0, 0.05) is 18.5 Å². The maximum Gasteiger partial charge on any atom is 0.269 e. The summed E-state index contributed by atoms with van der Waals surface area (Å²) in [4.78, 5) is 24.3. The predicted molar refractivity (Wildman–Crippen MR) is 145 cm³/mol. The summed E-state index contributed by atoms with van der Waals surface area (Å²) in [5.41, 5.74) is 4.10. The van der Waals surface area contributed by atoms with Crippen molar-refractivity contribution in [2.24, 2.45) is 4.99 Å². The van der Waals surface area contributed by atoms with E-state index in [1.165, 1.54) is 11.8 Å². The molecule has 0 aromatic heterocycles. The summed E-state index contributed by atoms with van der Waals surface area (Å²) >= 11 is 2.99. The third-order valence-corrected chi connectivity index (χ3v) is 8.12. The van der Waals surface area contributed by atoms with Gasteiger partial charge < -0.3 is 10.2 Å². The van der Waals surface area contributed by atoms with E-state index in [0.717, 1.165) is 33.4 Å². The average Bonchev–Trinajstić information content (AvgIpc) is 3.37. The van der Waals surface area contributed by atoms with Crippen molar-refractivity contribution >= 4 is 51.7 Å². The summed E-state index contributed by atoms with van der Waals surface area (Å²) in [7, 11) is 1.99. The van der Waals surface area contributed by atoms with Crippen molar-refractivity contribution in [3.05, 3.63) is 93.9 Å². The molecule has 174 valence electrons. The van der Waals surface area contributed by atoms with Gasteiger partial charge in [-0.15, -0.1) is 0 Å². The van der Waals surface area contributed by atoms with Crippen molar-refractivity contribution in [2.45, 2.75) is 18.4 Å². The van der Waals surface area contributed by atoms with E-state index in [-0.39, 0.29) is 5.91 Å². The monoisotopic (exact) mass is 497 g/mol. The third kappa shape index (κ3) is 4.53. The fraction of sp³-hybridized carbons (Fsp3) is 0.148. The summed E-state index contributed by atoms with van der Waals surface area (Å²) in [6, 6.07) is 25.6. The molecule has 0 radical (unpaired) electrons. The van der Waals surface area contributed by atoms with Gasteiger partial charge in [0.25, 0.3) is 5.91 Å². The van der Waals surface area contributed by atoms with Gasteiger partial charge in [0.1, 0.15) is 4.91 Å². The molecule has 1 fully saturated rings. The molecule has 1 amide bonds. The van der Waals surface area contributed by atoms with Crippen LogP contribution in [-0.4, -0.2) is 29.6 Å². The molecule has 1 saturated heterocycles. The Morgan fingerprint density at radius 2 is 1.80 bits per heavy atom. The molecular formula is C27H23N5OS2. The van der Waals surface area contributed by atoms with Crippen LogP contribution in [0.2, 0.25) is 0 Å². The fourth-order valence-corrected chi connectivity index (χ4v) is 6.30. The van der Waals surface area contributed by atoms with E-state index >= 15 is 0 Å². The molecule has 3 aromatic rings. The number of amides is 1. The van der Waals surface area contributed by atoms with Crippen molar-refractivity contribution < 1.29 is 4.79 Å². The van der Waals surface area contributed by atoms with E-state index in [2.05, 4.69) is 28.4 Å². The quantitative estimate of drug-likeness (QED) is 0.426. The Morgan fingerprint density at radius 3 is 2.54 bits per heavy atom. The minimum Gasteiger partial charge on any atom is -0.384 e. The van der Waals surface area contributed by atoms with E-state index in [1.54, 1.807) is 28.8 Å². The van der Waals surface area contributed by atoms with Crippen LogP contribution in [0.15, 0.2) is 92.6 Å². The van der Waals surface area contributed by atoms with Crippen LogP contribution >= 0.6 is 23.5 Å². The Hall–Kier alpha value is -3.67. The first kappa shape index (κ1) is 23.1.